The Labute approximate surface area is 126 Å². The number of Topliss-reactive ketones (excluding diaryl/α,β-unsaturated/α-hetero) is 1. The van der Waals surface area contributed by atoms with Gasteiger partial charge >= 0.3 is 0 Å². The van der Waals surface area contributed by atoms with E-state index in [0.29, 0.717) is 22.4 Å². The fraction of sp³-hybridized carbons (Fsp3) is 0.188. The zero-order valence-corrected chi connectivity index (χ0v) is 12.6. The van der Waals surface area contributed by atoms with Crippen molar-refractivity contribution in [1.29, 1.82) is 0 Å². The Morgan fingerprint density at radius 3 is 2.60 bits per heavy atom. The molecular formula is C16H15BrO3. The standard InChI is InChI=1S/C16H15BrO3/c1-11(18)16(19)14-9-13(7-8-15(14)17)20-10-12-5-3-2-4-6-12/h2-9,16,19H,10H2,1H3. The minimum Gasteiger partial charge on any atom is -0.489 e. The first kappa shape index (κ1) is 14.8. The summed E-state index contributed by atoms with van der Waals surface area (Å²) in [4.78, 5) is 11.3. The molecule has 0 saturated carbocycles. The van der Waals surface area contributed by atoms with Crippen LogP contribution in [0, 0.1) is 0 Å². The average Bonchev–Trinajstić information content (AvgIpc) is 2.46. The van der Waals surface area contributed by atoms with E-state index in [-0.39, 0.29) is 5.78 Å². The number of rotatable bonds is 5. The van der Waals surface area contributed by atoms with Gasteiger partial charge in [0.05, 0.1) is 0 Å². The Balaban J connectivity index is 2.13. The number of hydrogen-bond donors (Lipinski definition) is 1. The Morgan fingerprint density at radius 1 is 1.25 bits per heavy atom. The molecule has 0 bridgehead atoms. The number of aliphatic hydroxyl groups excluding tert-OH is 1. The third kappa shape index (κ3) is 3.68. The first-order valence-corrected chi connectivity index (χ1v) is 7.02. The van der Waals surface area contributed by atoms with Crippen LogP contribution in [0.5, 0.6) is 5.75 Å². The zero-order chi connectivity index (χ0) is 14.5. The topological polar surface area (TPSA) is 46.5 Å². The van der Waals surface area contributed by atoms with Crippen molar-refractivity contribution in [3.05, 3.63) is 64.1 Å². The average molecular weight is 335 g/mol. The molecule has 0 aliphatic heterocycles. The molecule has 3 nitrogen and oxygen atoms in total. The van der Waals surface area contributed by atoms with Crippen LogP contribution in [-0.2, 0) is 11.4 Å². The van der Waals surface area contributed by atoms with Crippen LogP contribution in [0.25, 0.3) is 0 Å². The van der Waals surface area contributed by atoms with Crippen molar-refractivity contribution in [2.45, 2.75) is 19.6 Å². The highest BCUT2D eigenvalue weighted by Crippen LogP contribution is 2.28. The summed E-state index contributed by atoms with van der Waals surface area (Å²) in [5.41, 5.74) is 1.58. The van der Waals surface area contributed by atoms with E-state index < -0.39 is 6.10 Å². The summed E-state index contributed by atoms with van der Waals surface area (Å²) in [7, 11) is 0. The summed E-state index contributed by atoms with van der Waals surface area (Å²) >= 11 is 3.33. The van der Waals surface area contributed by atoms with Crippen molar-refractivity contribution >= 4 is 21.7 Å². The lowest BCUT2D eigenvalue weighted by Gasteiger charge is -2.12. The second-order valence-corrected chi connectivity index (χ2v) is 5.33. The van der Waals surface area contributed by atoms with Gasteiger partial charge < -0.3 is 9.84 Å². The van der Waals surface area contributed by atoms with Gasteiger partial charge in [0, 0.05) is 10.0 Å². The highest BCUT2D eigenvalue weighted by molar-refractivity contribution is 9.10. The number of carbonyl (C=O) groups excluding carboxylic acids is 1. The van der Waals surface area contributed by atoms with Gasteiger partial charge in [-0.3, -0.25) is 4.79 Å². The van der Waals surface area contributed by atoms with Crippen molar-refractivity contribution in [2.75, 3.05) is 0 Å². The second-order valence-electron chi connectivity index (χ2n) is 4.47. The molecule has 0 aliphatic carbocycles. The molecule has 0 amide bonds. The van der Waals surface area contributed by atoms with Gasteiger partial charge in [-0.1, -0.05) is 46.3 Å². The minimum absolute atomic E-state index is 0.300. The number of carbonyl (C=O) groups is 1. The quantitative estimate of drug-likeness (QED) is 0.907. The van der Waals surface area contributed by atoms with Gasteiger partial charge in [0.15, 0.2) is 5.78 Å². The van der Waals surface area contributed by atoms with E-state index in [0.717, 1.165) is 5.56 Å². The highest BCUT2D eigenvalue weighted by Gasteiger charge is 2.16. The van der Waals surface area contributed by atoms with Crippen LogP contribution in [0.1, 0.15) is 24.2 Å². The molecule has 0 aromatic heterocycles. The SMILES string of the molecule is CC(=O)C(O)c1cc(OCc2ccccc2)ccc1Br. The Hall–Kier alpha value is -1.65. The maximum absolute atomic E-state index is 11.3. The monoisotopic (exact) mass is 334 g/mol. The number of aliphatic hydroxyl groups is 1. The molecule has 1 atom stereocenters. The molecule has 0 aliphatic rings. The van der Waals surface area contributed by atoms with Crippen LogP contribution < -0.4 is 4.74 Å². The largest absolute Gasteiger partial charge is 0.489 e. The summed E-state index contributed by atoms with van der Waals surface area (Å²) in [5.74, 6) is 0.318. The van der Waals surface area contributed by atoms with E-state index in [9.17, 15) is 9.90 Å². The molecule has 104 valence electrons. The van der Waals surface area contributed by atoms with E-state index in [2.05, 4.69) is 15.9 Å². The zero-order valence-electron chi connectivity index (χ0n) is 11.0. The molecule has 20 heavy (non-hydrogen) atoms. The summed E-state index contributed by atoms with van der Waals surface area (Å²) in [6, 6.07) is 15.0. The van der Waals surface area contributed by atoms with Crippen molar-refractivity contribution in [1.82, 2.24) is 0 Å². The molecule has 0 saturated heterocycles. The predicted molar refractivity (Wildman–Crippen MR) is 80.6 cm³/mol. The lowest BCUT2D eigenvalue weighted by atomic mass is 10.1. The molecule has 2 rings (SSSR count). The third-order valence-electron chi connectivity index (χ3n) is 2.90. The van der Waals surface area contributed by atoms with Crippen molar-refractivity contribution in [3.63, 3.8) is 0 Å². The molecular weight excluding hydrogens is 320 g/mol. The van der Waals surface area contributed by atoms with Gasteiger partial charge in [0.1, 0.15) is 18.5 Å². The van der Waals surface area contributed by atoms with Gasteiger partial charge in [-0.25, -0.2) is 0 Å². The first-order valence-electron chi connectivity index (χ1n) is 6.22. The lowest BCUT2D eigenvalue weighted by molar-refractivity contribution is -0.125. The van der Waals surface area contributed by atoms with Crippen LogP contribution in [0.2, 0.25) is 0 Å². The van der Waals surface area contributed by atoms with Crippen molar-refractivity contribution in [3.8, 4) is 5.75 Å². The molecule has 0 radical (unpaired) electrons. The summed E-state index contributed by atoms with van der Waals surface area (Å²) in [5, 5.41) is 9.85. The van der Waals surface area contributed by atoms with E-state index in [1.807, 2.05) is 30.3 Å². The summed E-state index contributed by atoms with van der Waals surface area (Å²) < 4.78 is 6.36. The number of hydrogen-bond acceptors (Lipinski definition) is 3. The molecule has 2 aromatic carbocycles. The van der Waals surface area contributed by atoms with E-state index >= 15 is 0 Å². The molecule has 2 aromatic rings. The van der Waals surface area contributed by atoms with Gasteiger partial charge in [0.2, 0.25) is 0 Å². The molecule has 0 heterocycles. The van der Waals surface area contributed by atoms with Crippen LogP contribution >= 0.6 is 15.9 Å². The highest BCUT2D eigenvalue weighted by atomic mass is 79.9. The van der Waals surface area contributed by atoms with Gasteiger partial charge in [-0.05, 0) is 30.7 Å². The maximum Gasteiger partial charge on any atom is 0.162 e. The predicted octanol–water partition coefficient (Wildman–Crippen LogP) is 3.65. The minimum atomic E-state index is -1.13. The van der Waals surface area contributed by atoms with Crippen LogP contribution in [0.3, 0.4) is 0 Å². The maximum atomic E-state index is 11.3. The van der Waals surface area contributed by atoms with Crippen LogP contribution in [-0.4, -0.2) is 10.9 Å². The molecule has 0 fully saturated rings. The Kier molecular flexibility index (Phi) is 4.93. The summed E-state index contributed by atoms with van der Waals surface area (Å²) in [6.45, 7) is 1.80. The van der Waals surface area contributed by atoms with Crippen LogP contribution in [0.15, 0.2) is 53.0 Å². The van der Waals surface area contributed by atoms with E-state index in [4.69, 9.17) is 4.74 Å². The van der Waals surface area contributed by atoms with Gasteiger partial charge in [0.25, 0.3) is 0 Å². The molecule has 4 heteroatoms. The smallest absolute Gasteiger partial charge is 0.162 e. The first-order chi connectivity index (χ1) is 9.58. The Morgan fingerprint density at radius 2 is 1.95 bits per heavy atom. The number of benzene rings is 2. The number of halogens is 1. The van der Waals surface area contributed by atoms with Crippen molar-refractivity contribution in [2.24, 2.45) is 0 Å². The fourth-order valence-corrected chi connectivity index (χ4v) is 2.24. The second kappa shape index (κ2) is 6.68. The number of ether oxygens (including phenoxy) is 1. The fourth-order valence-electron chi connectivity index (χ4n) is 1.78. The Bertz CT molecular complexity index is 596. The van der Waals surface area contributed by atoms with Crippen molar-refractivity contribution < 1.29 is 14.6 Å². The number of ketones is 1. The van der Waals surface area contributed by atoms with Gasteiger partial charge in [-0.15, -0.1) is 0 Å². The molecule has 1 N–H and O–H groups in total. The molecule has 1 unspecified atom stereocenters. The lowest BCUT2D eigenvalue weighted by Crippen LogP contribution is -2.08. The molecule has 0 spiro atoms. The normalized spacial score (nSPS) is 11.9. The summed E-state index contributed by atoms with van der Waals surface area (Å²) in [6.07, 6.45) is -1.13. The van der Waals surface area contributed by atoms with E-state index in [1.165, 1.54) is 6.92 Å². The third-order valence-corrected chi connectivity index (χ3v) is 3.62. The van der Waals surface area contributed by atoms with E-state index in [1.54, 1.807) is 18.2 Å². The van der Waals surface area contributed by atoms with Gasteiger partial charge in [-0.2, -0.15) is 0 Å². The van der Waals surface area contributed by atoms with Crippen LogP contribution in [0.4, 0.5) is 0 Å².